The maximum Gasteiger partial charge on any atom is 0.256 e. The van der Waals surface area contributed by atoms with Crippen LogP contribution in [0.1, 0.15) is 10.4 Å². The molecule has 1 aromatic carbocycles. The molecule has 3 rings (SSSR count). The highest BCUT2D eigenvalue weighted by molar-refractivity contribution is 6.12. The predicted octanol–water partition coefficient (Wildman–Crippen LogP) is 2.19. The molecule has 1 N–H and O–H groups in total. The van der Waals surface area contributed by atoms with E-state index < -0.39 is 0 Å². The van der Waals surface area contributed by atoms with Crippen LogP contribution in [0.2, 0.25) is 0 Å². The number of aryl methyl sites for hydroxylation is 1. The number of pyridine rings is 2. The maximum atomic E-state index is 12.4. The minimum atomic E-state index is -0.310. The SMILES string of the molecule is Cn1c(=O)cc(C(=O)Nc2ccncc2)c2ccccc21. The molecule has 2 aromatic heterocycles. The second-order valence-electron chi connectivity index (χ2n) is 4.66. The van der Waals surface area contributed by atoms with Gasteiger partial charge in [0, 0.05) is 36.6 Å². The van der Waals surface area contributed by atoms with Crippen molar-refractivity contribution in [2.75, 3.05) is 5.32 Å². The minimum Gasteiger partial charge on any atom is -0.322 e. The second-order valence-corrected chi connectivity index (χ2v) is 4.66. The lowest BCUT2D eigenvalue weighted by molar-refractivity contribution is 0.102. The topological polar surface area (TPSA) is 64.0 Å². The molecule has 1 amide bonds. The first-order valence-corrected chi connectivity index (χ1v) is 6.47. The zero-order valence-corrected chi connectivity index (χ0v) is 11.4. The molecule has 21 heavy (non-hydrogen) atoms. The Morgan fingerprint density at radius 3 is 2.62 bits per heavy atom. The van der Waals surface area contributed by atoms with Crippen molar-refractivity contribution in [2.24, 2.45) is 7.05 Å². The molecule has 0 spiro atoms. The summed E-state index contributed by atoms with van der Waals surface area (Å²) in [7, 11) is 1.69. The molecule has 0 saturated heterocycles. The van der Waals surface area contributed by atoms with Gasteiger partial charge < -0.3 is 9.88 Å². The zero-order chi connectivity index (χ0) is 14.8. The van der Waals surface area contributed by atoms with Gasteiger partial charge in [0.05, 0.1) is 11.1 Å². The Hall–Kier alpha value is -2.95. The fourth-order valence-corrected chi connectivity index (χ4v) is 2.23. The molecule has 5 nitrogen and oxygen atoms in total. The summed E-state index contributed by atoms with van der Waals surface area (Å²) >= 11 is 0. The molecule has 2 heterocycles. The van der Waals surface area contributed by atoms with Gasteiger partial charge in [-0.1, -0.05) is 18.2 Å². The van der Waals surface area contributed by atoms with Crippen LogP contribution in [0, 0.1) is 0 Å². The first-order chi connectivity index (χ1) is 10.2. The number of hydrogen-bond acceptors (Lipinski definition) is 3. The second kappa shape index (κ2) is 5.20. The van der Waals surface area contributed by atoms with Crippen LogP contribution in [-0.4, -0.2) is 15.5 Å². The number of para-hydroxylation sites is 1. The highest BCUT2D eigenvalue weighted by Crippen LogP contribution is 2.17. The number of anilines is 1. The van der Waals surface area contributed by atoms with Crippen molar-refractivity contribution in [3.05, 3.63) is 70.8 Å². The largest absolute Gasteiger partial charge is 0.322 e. The lowest BCUT2D eigenvalue weighted by Crippen LogP contribution is -2.21. The molecule has 3 aromatic rings. The molecule has 0 saturated carbocycles. The Morgan fingerprint density at radius 1 is 1.14 bits per heavy atom. The minimum absolute atomic E-state index is 0.214. The number of amides is 1. The van der Waals surface area contributed by atoms with E-state index in [1.165, 1.54) is 10.6 Å². The summed E-state index contributed by atoms with van der Waals surface area (Å²) in [6.45, 7) is 0. The molecular weight excluding hydrogens is 266 g/mol. The van der Waals surface area contributed by atoms with Crippen molar-refractivity contribution in [1.82, 2.24) is 9.55 Å². The van der Waals surface area contributed by atoms with Gasteiger partial charge in [0.1, 0.15) is 0 Å². The molecule has 0 radical (unpaired) electrons. The molecule has 0 atom stereocenters. The number of benzene rings is 1. The molecule has 0 aliphatic rings. The molecule has 104 valence electrons. The Morgan fingerprint density at radius 2 is 1.86 bits per heavy atom. The van der Waals surface area contributed by atoms with Crippen molar-refractivity contribution in [2.45, 2.75) is 0 Å². The third-order valence-corrected chi connectivity index (χ3v) is 3.34. The standard InChI is InChI=1S/C16H13N3O2/c1-19-14-5-3-2-4-12(14)13(10-15(19)20)16(21)18-11-6-8-17-9-7-11/h2-10H,1H3,(H,17,18,21). The number of nitrogens with one attached hydrogen (secondary N) is 1. The van der Waals surface area contributed by atoms with Crippen LogP contribution in [0.25, 0.3) is 10.9 Å². The number of carbonyl (C=O) groups is 1. The molecular formula is C16H13N3O2. The van der Waals surface area contributed by atoms with E-state index in [-0.39, 0.29) is 11.5 Å². The van der Waals surface area contributed by atoms with E-state index in [0.717, 1.165) is 10.9 Å². The summed E-state index contributed by atoms with van der Waals surface area (Å²) in [6, 6.07) is 12.1. The van der Waals surface area contributed by atoms with E-state index in [4.69, 9.17) is 0 Å². The van der Waals surface area contributed by atoms with Gasteiger partial charge in [-0.3, -0.25) is 14.6 Å². The Labute approximate surface area is 120 Å². The molecule has 0 fully saturated rings. The van der Waals surface area contributed by atoms with E-state index >= 15 is 0 Å². The number of rotatable bonds is 2. The average Bonchev–Trinajstić information content (AvgIpc) is 2.52. The molecule has 0 bridgehead atoms. The number of aromatic nitrogens is 2. The summed E-state index contributed by atoms with van der Waals surface area (Å²) in [6.07, 6.45) is 3.19. The van der Waals surface area contributed by atoms with Crippen LogP contribution >= 0.6 is 0 Å². The Kier molecular flexibility index (Phi) is 3.23. The highest BCUT2D eigenvalue weighted by atomic mass is 16.2. The number of carbonyl (C=O) groups excluding carboxylic acids is 1. The van der Waals surface area contributed by atoms with E-state index in [1.54, 1.807) is 31.6 Å². The summed E-state index contributed by atoms with van der Waals surface area (Å²) in [5, 5.41) is 3.51. The quantitative estimate of drug-likeness (QED) is 0.782. The van der Waals surface area contributed by atoms with Crippen molar-refractivity contribution in [3.63, 3.8) is 0 Å². The fourth-order valence-electron chi connectivity index (χ4n) is 2.23. The summed E-state index contributed by atoms with van der Waals surface area (Å²) in [5.74, 6) is -0.310. The molecule has 5 heteroatoms. The third-order valence-electron chi connectivity index (χ3n) is 3.34. The van der Waals surface area contributed by atoms with Gasteiger partial charge in [-0.2, -0.15) is 0 Å². The van der Waals surface area contributed by atoms with Crippen LogP contribution in [0.15, 0.2) is 59.7 Å². The number of hydrogen-bond donors (Lipinski definition) is 1. The fraction of sp³-hybridized carbons (Fsp3) is 0.0625. The van der Waals surface area contributed by atoms with Gasteiger partial charge in [-0.25, -0.2) is 0 Å². The summed E-state index contributed by atoms with van der Waals surface area (Å²) in [4.78, 5) is 28.3. The highest BCUT2D eigenvalue weighted by Gasteiger charge is 2.13. The normalized spacial score (nSPS) is 10.5. The lowest BCUT2D eigenvalue weighted by atomic mass is 10.1. The van der Waals surface area contributed by atoms with E-state index in [2.05, 4.69) is 10.3 Å². The van der Waals surface area contributed by atoms with Crippen molar-refractivity contribution >= 4 is 22.5 Å². The molecule has 0 aliphatic carbocycles. The van der Waals surface area contributed by atoms with Gasteiger partial charge in [0.15, 0.2) is 0 Å². The van der Waals surface area contributed by atoms with Crippen molar-refractivity contribution < 1.29 is 4.79 Å². The van der Waals surface area contributed by atoms with Crippen LogP contribution < -0.4 is 10.9 Å². The zero-order valence-electron chi connectivity index (χ0n) is 11.4. The van der Waals surface area contributed by atoms with E-state index in [9.17, 15) is 9.59 Å². The van der Waals surface area contributed by atoms with E-state index in [1.807, 2.05) is 24.3 Å². The van der Waals surface area contributed by atoms with Crippen molar-refractivity contribution in [1.29, 1.82) is 0 Å². The average molecular weight is 279 g/mol. The monoisotopic (exact) mass is 279 g/mol. The first-order valence-electron chi connectivity index (χ1n) is 6.47. The van der Waals surface area contributed by atoms with Gasteiger partial charge in [-0.15, -0.1) is 0 Å². The number of nitrogens with zero attached hydrogens (tertiary/aromatic N) is 2. The summed E-state index contributed by atoms with van der Waals surface area (Å²) in [5.41, 5.74) is 1.52. The lowest BCUT2D eigenvalue weighted by Gasteiger charge is -2.10. The first kappa shape index (κ1) is 13.1. The van der Waals surface area contributed by atoms with Gasteiger partial charge >= 0.3 is 0 Å². The van der Waals surface area contributed by atoms with Gasteiger partial charge in [-0.05, 0) is 18.2 Å². The smallest absolute Gasteiger partial charge is 0.256 e. The summed E-state index contributed by atoms with van der Waals surface area (Å²) < 4.78 is 1.53. The van der Waals surface area contributed by atoms with Crippen LogP contribution in [0.4, 0.5) is 5.69 Å². The molecule has 0 aliphatic heterocycles. The van der Waals surface area contributed by atoms with Gasteiger partial charge in [0.2, 0.25) is 0 Å². The van der Waals surface area contributed by atoms with Crippen LogP contribution in [0.3, 0.4) is 0 Å². The maximum absolute atomic E-state index is 12.4. The van der Waals surface area contributed by atoms with Crippen LogP contribution in [0.5, 0.6) is 0 Å². The third kappa shape index (κ3) is 2.41. The number of fused-ring (bicyclic) bond motifs is 1. The molecule has 0 unspecified atom stereocenters. The van der Waals surface area contributed by atoms with Gasteiger partial charge in [0.25, 0.3) is 11.5 Å². The van der Waals surface area contributed by atoms with Crippen molar-refractivity contribution in [3.8, 4) is 0 Å². The Bertz CT molecular complexity index is 870. The van der Waals surface area contributed by atoms with E-state index in [0.29, 0.717) is 11.3 Å². The Balaban J connectivity index is 2.10. The van der Waals surface area contributed by atoms with Crippen LogP contribution in [-0.2, 0) is 7.05 Å². The predicted molar refractivity (Wildman–Crippen MR) is 81.4 cm³/mol.